The summed E-state index contributed by atoms with van der Waals surface area (Å²) < 4.78 is 11.2. The van der Waals surface area contributed by atoms with Crippen molar-refractivity contribution in [2.75, 3.05) is 20.8 Å². The average molecular weight is 327 g/mol. The van der Waals surface area contributed by atoms with E-state index in [-0.39, 0.29) is 6.10 Å². The second kappa shape index (κ2) is 8.22. The van der Waals surface area contributed by atoms with E-state index < -0.39 is 0 Å². The molecule has 24 heavy (non-hydrogen) atoms. The fourth-order valence-electron chi connectivity index (χ4n) is 3.05. The van der Waals surface area contributed by atoms with Crippen molar-refractivity contribution in [3.63, 3.8) is 0 Å². The van der Waals surface area contributed by atoms with Crippen molar-refractivity contribution < 1.29 is 9.47 Å². The van der Waals surface area contributed by atoms with Crippen LogP contribution in [0.15, 0.2) is 36.7 Å². The van der Waals surface area contributed by atoms with Gasteiger partial charge in [-0.1, -0.05) is 18.2 Å². The van der Waals surface area contributed by atoms with E-state index in [4.69, 9.17) is 9.47 Å². The Balaban J connectivity index is 1.59. The largest absolute Gasteiger partial charge is 0.496 e. The lowest BCUT2D eigenvalue weighted by molar-refractivity contribution is 0.00938. The van der Waals surface area contributed by atoms with Gasteiger partial charge in [0.15, 0.2) is 5.82 Å². The lowest BCUT2D eigenvalue weighted by atomic mass is 10.1. The van der Waals surface area contributed by atoms with Gasteiger partial charge in [0.25, 0.3) is 0 Å². The third kappa shape index (κ3) is 4.30. The predicted molar refractivity (Wildman–Crippen MR) is 92.7 cm³/mol. The van der Waals surface area contributed by atoms with Gasteiger partial charge in [0.05, 0.1) is 7.11 Å². The first kappa shape index (κ1) is 16.9. The number of methoxy groups -OCH3 is 1. The summed E-state index contributed by atoms with van der Waals surface area (Å²) in [5, 5.41) is 0. The lowest BCUT2D eigenvalue weighted by Crippen LogP contribution is -2.19. The van der Waals surface area contributed by atoms with Crippen LogP contribution in [0.4, 0.5) is 0 Å². The summed E-state index contributed by atoms with van der Waals surface area (Å²) in [7, 11) is 3.79. The summed E-state index contributed by atoms with van der Waals surface area (Å²) in [5.74, 6) is 1.73. The van der Waals surface area contributed by atoms with Crippen molar-refractivity contribution in [2.24, 2.45) is 0 Å². The van der Waals surface area contributed by atoms with Gasteiger partial charge in [-0.2, -0.15) is 0 Å². The molecule has 5 heteroatoms. The molecular weight excluding hydrogens is 302 g/mol. The van der Waals surface area contributed by atoms with Crippen LogP contribution in [-0.4, -0.2) is 35.6 Å². The number of hydrogen-bond donors (Lipinski definition) is 0. The molecule has 0 N–H and O–H groups in total. The highest BCUT2D eigenvalue weighted by molar-refractivity contribution is 5.33. The molecule has 1 atom stereocenters. The maximum atomic E-state index is 5.74. The Kier molecular flexibility index (Phi) is 5.77. The molecule has 0 spiro atoms. The van der Waals surface area contributed by atoms with E-state index in [1.54, 1.807) is 7.11 Å². The third-order valence-electron chi connectivity index (χ3n) is 4.28. The number of ether oxygens (including phenoxy) is 2. The molecule has 1 aliphatic rings. The van der Waals surface area contributed by atoms with Crippen LogP contribution >= 0.6 is 0 Å². The first-order chi connectivity index (χ1) is 11.8. The minimum Gasteiger partial charge on any atom is -0.496 e. The van der Waals surface area contributed by atoms with Gasteiger partial charge < -0.3 is 9.47 Å². The van der Waals surface area contributed by atoms with Crippen molar-refractivity contribution in [3.8, 4) is 5.75 Å². The Labute approximate surface area is 143 Å². The summed E-state index contributed by atoms with van der Waals surface area (Å²) in [6.45, 7) is 2.43. The highest BCUT2D eigenvalue weighted by Gasteiger charge is 2.18. The standard InChI is InChI=1S/C19H25N3O2/c1-22(14-16-7-3-4-8-17(16)23-2)13-15-11-20-19(21-12-15)18-9-5-6-10-24-18/h3-4,7-8,11-12,18H,5-6,9-10,13-14H2,1-2H3/t18-/m0/s1. The van der Waals surface area contributed by atoms with Crippen LogP contribution in [0.3, 0.4) is 0 Å². The molecule has 1 fully saturated rings. The molecule has 0 unspecified atom stereocenters. The molecule has 128 valence electrons. The number of benzene rings is 1. The van der Waals surface area contributed by atoms with Gasteiger partial charge in [0.2, 0.25) is 0 Å². The third-order valence-corrected chi connectivity index (χ3v) is 4.28. The number of para-hydroxylation sites is 1. The molecule has 1 aromatic carbocycles. The van der Waals surface area contributed by atoms with E-state index in [9.17, 15) is 0 Å². The first-order valence-corrected chi connectivity index (χ1v) is 8.49. The molecule has 1 aromatic heterocycles. The highest BCUT2D eigenvalue weighted by Crippen LogP contribution is 2.25. The molecule has 0 radical (unpaired) electrons. The van der Waals surface area contributed by atoms with Crippen molar-refractivity contribution in [3.05, 3.63) is 53.6 Å². The second-order valence-electron chi connectivity index (χ2n) is 6.29. The van der Waals surface area contributed by atoms with Crippen molar-refractivity contribution in [1.29, 1.82) is 0 Å². The SMILES string of the molecule is COc1ccccc1CN(C)Cc1cnc([C@@H]2CCCCO2)nc1. The van der Waals surface area contributed by atoms with E-state index in [1.165, 1.54) is 12.0 Å². The maximum Gasteiger partial charge on any atom is 0.157 e. The summed E-state index contributed by atoms with van der Waals surface area (Å²) in [5.41, 5.74) is 2.28. The molecule has 1 aliphatic heterocycles. The Bertz CT molecular complexity index is 639. The quantitative estimate of drug-likeness (QED) is 0.814. The molecule has 3 rings (SSSR count). The molecule has 0 aliphatic carbocycles. The molecule has 0 bridgehead atoms. The summed E-state index contributed by atoms with van der Waals surface area (Å²) in [6, 6.07) is 8.11. The summed E-state index contributed by atoms with van der Waals surface area (Å²) in [4.78, 5) is 11.2. The van der Waals surface area contributed by atoms with Crippen molar-refractivity contribution >= 4 is 0 Å². The first-order valence-electron chi connectivity index (χ1n) is 8.49. The lowest BCUT2D eigenvalue weighted by Gasteiger charge is -2.21. The van der Waals surface area contributed by atoms with Gasteiger partial charge in [-0.05, 0) is 32.4 Å². The van der Waals surface area contributed by atoms with Gasteiger partial charge in [-0.3, -0.25) is 4.90 Å². The van der Waals surface area contributed by atoms with Crippen LogP contribution in [0.5, 0.6) is 5.75 Å². The second-order valence-corrected chi connectivity index (χ2v) is 6.29. The van der Waals surface area contributed by atoms with E-state index in [0.29, 0.717) is 0 Å². The van der Waals surface area contributed by atoms with Gasteiger partial charge >= 0.3 is 0 Å². The smallest absolute Gasteiger partial charge is 0.157 e. The fourth-order valence-corrected chi connectivity index (χ4v) is 3.05. The molecular formula is C19H25N3O2. The van der Waals surface area contributed by atoms with Crippen molar-refractivity contribution in [1.82, 2.24) is 14.9 Å². The zero-order chi connectivity index (χ0) is 16.8. The molecule has 2 heterocycles. The normalized spacial score (nSPS) is 17.9. The number of aromatic nitrogens is 2. The van der Waals surface area contributed by atoms with Crippen LogP contribution in [0.2, 0.25) is 0 Å². The van der Waals surface area contributed by atoms with E-state index in [2.05, 4.69) is 28.0 Å². The van der Waals surface area contributed by atoms with Gasteiger partial charge in [0.1, 0.15) is 11.9 Å². The van der Waals surface area contributed by atoms with E-state index in [0.717, 1.165) is 49.7 Å². The maximum absolute atomic E-state index is 5.74. The zero-order valence-electron chi connectivity index (χ0n) is 14.4. The zero-order valence-corrected chi connectivity index (χ0v) is 14.4. The summed E-state index contributed by atoms with van der Waals surface area (Å²) >= 11 is 0. The monoisotopic (exact) mass is 327 g/mol. The Hall–Kier alpha value is -1.98. The summed E-state index contributed by atoms with van der Waals surface area (Å²) in [6.07, 6.45) is 7.25. The van der Waals surface area contributed by atoms with Gasteiger partial charge in [-0.15, -0.1) is 0 Å². The predicted octanol–water partition coefficient (Wildman–Crippen LogP) is 3.36. The number of nitrogens with zero attached hydrogens (tertiary/aromatic N) is 3. The minimum atomic E-state index is 0.0686. The van der Waals surface area contributed by atoms with Crippen LogP contribution in [0, 0.1) is 0 Å². The molecule has 2 aromatic rings. The van der Waals surface area contributed by atoms with E-state index in [1.807, 2.05) is 30.6 Å². The Morgan fingerprint density at radius 2 is 1.96 bits per heavy atom. The van der Waals surface area contributed by atoms with E-state index >= 15 is 0 Å². The fraction of sp³-hybridized carbons (Fsp3) is 0.474. The van der Waals surface area contributed by atoms with Crippen molar-refractivity contribution in [2.45, 2.75) is 38.5 Å². The van der Waals surface area contributed by atoms with Gasteiger partial charge in [0, 0.05) is 43.2 Å². The number of hydrogen-bond acceptors (Lipinski definition) is 5. The number of rotatable bonds is 6. The Morgan fingerprint density at radius 1 is 1.17 bits per heavy atom. The molecule has 0 amide bonds. The van der Waals surface area contributed by atoms with Crippen LogP contribution in [0.25, 0.3) is 0 Å². The van der Waals surface area contributed by atoms with Crippen LogP contribution in [0.1, 0.15) is 42.3 Å². The minimum absolute atomic E-state index is 0.0686. The molecule has 1 saturated heterocycles. The van der Waals surface area contributed by atoms with Crippen LogP contribution < -0.4 is 4.74 Å². The molecule has 0 saturated carbocycles. The van der Waals surface area contributed by atoms with Crippen LogP contribution in [-0.2, 0) is 17.8 Å². The highest BCUT2D eigenvalue weighted by atomic mass is 16.5. The van der Waals surface area contributed by atoms with Gasteiger partial charge in [-0.25, -0.2) is 9.97 Å². The molecule has 5 nitrogen and oxygen atoms in total. The topological polar surface area (TPSA) is 47.5 Å². The Morgan fingerprint density at radius 3 is 2.67 bits per heavy atom. The average Bonchev–Trinajstić information content (AvgIpc) is 2.63.